The summed E-state index contributed by atoms with van der Waals surface area (Å²) in [6.45, 7) is 2.89. The van der Waals surface area contributed by atoms with Crippen LogP contribution in [0.4, 0.5) is 5.69 Å². The lowest BCUT2D eigenvalue weighted by Crippen LogP contribution is -2.36. The molecule has 5 nitrogen and oxygen atoms in total. The number of halogens is 1. The second-order valence-corrected chi connectivity index (χ2v) is 9.23. The SMILES string of the molecule is Cc1ccc(NC(=O)c2sccc2S(=O)(=O)N2CCCCC2)cc1Cl. The van der Waals surface area contributed by atoms with Gasteiger partial charge in [0.1, 0.15) is 9.77 Å². The minimum atomic E-state index is -3.64. The Morgan fingerprint density at radius 1 is 1.20 bits per heavy atom. The van der Waals surface area contributed by atoms with E-state index >= 15 is 0 Å². The summed E-state index contributed by atoms with van der Waals surface area (Å²) in [7, 11) is -3.64. The number of hydrogen-bond donors (Lipinski definition) is 1. The van der Waals surface area contributed by atoms with Crippen LogP contribution in [-0.2, 0) is 10.0 Å². The number of hydrogen-bond acceptors (Lipinski definition) is 4. The number of rotatable bonds is 4. The molecular formula is C17H19ClN2O3S2. The maximum absolute atomic E-state index is 12.9. The average molecular weight is 399 g/mol. The monoisotopic (exact) mass is 398 g/mol. The summed E-state index contributed by atoms with van der Waals surface area (Å²) in [6.07, 6.45) is 2.75. The molecule has 1 amide bonds. The van der Waals surface area contributed by atoms with Gasteiger partial charge >= 0.3 is 0 Å². The third-order valence-corrected chi connectivity index (χ3v) is 7.59. The molecule has 134 valence electrons. The second kappa shape index (κ2) is 7.45. The topological polar surface area (TPSA) is 66.5 Å². The average Bonchev–Trinajstić information content (AvgIpc) is 3.10. The van der Waals surface area contributed by atoms with Gasteiger partial charge in [0.2, 0.25) is 10.0 Å². The van der Waals surface area contributed by atoms with Gasteiger partial charge in [-0.1, -0.05) is 24.1 Å². The molecule has 1 aromatic carbocycles. The Kier molecular flexibility index (Phi) is 5.48. The Morgan fingerprint density at radius 3 is 2.60 bits per heavy atom. The molecule has 1 N–H and O–H groups in total. The van der Waals surface area contributed by atoms with Gasteiger partial charge in [0, 0.05) is 23.8 Å². The molecule has 0 saturated carbocycles. The molecule has 25 heavy (non-hydrogen) atoms. The highest BCUT2D eigenvalue weighted by molar-refractivity contribution is 7.89. The molecule has 0 spiro atoms. The van der Waals surface area contributed by atoms with Crippen LogP contribution in [0.25, 0.3) is 0 Å². The van der Waals surface area contributed by atoms with Crippen LogP contribution >= 0.6 is 22.9 Å². The van der Waals surface area contributed by atoms with Crippen LogP contribution in [0.15, 0.2) is 34.5 Å². The zero-order valence-corrected chi connectivity index (χ0v) is 16.2. The van der Waals surface area contributed by atoms with Crippen molar-refractivity contribution < 1.29 is 13.2 Å². The number of anilines is 1. The van der Waals surface area contributed by atoms with E-state index in [0.717, 1.165) is 36.2 Å². The Balaban J connectivity index is 1.85. The first-order chi connectivity index (χ1) is 11.9. The van der Waals surface area contributed by atoms with Crippen LogP contribution in [0.2, 0.25) is 5.02 Å². The number of sulfonamides is 1. The highest BCUT2D eigenvalue weighted by Crippen LogP contribution is 2.28. The van der Waals surface area contributed by atoms with Crippen molar-refractivity contribution in [2.45, 2.75) is 31.1 Å². The second-order valence-electron chi connectivity index (χ2n) is 6.00. The molecule has 1 aromatic heterocycles. The van der Waals surface area contributed by atoms with Crippen LogP contribution in [0.3, 0.4) is 0 Å². The van der Waals surface area contributed by atoms with Gasteiger partial charge in [-0.2, -0.15) is 4.31 Å². The number of aryl methyl sites for hydroxylation is 1. The molecule has 1 aliphatic heterocycles. The maximum atomic E-state index is 12.9. The zero-order valence-electron chi connectivity index (χ0n) is 13.8. The fourth-order valence-electron chi connectivity index (χ4n) is 2.77. The Labute approximate surface area is 156 Å². The Bertz CT molecular complexity index is 887. The van der Waals surface area contributed by atoms with Crippen LogP contribution in [-0.4, -0.2) is 31.7 Å². The van der Waals surface area contributed by atoms with Gasteiger partial charge in [0.15, 0.2) is 0 Å². The number of thiophene rings is 1. The van der Waals surface area contributed by atoms with Gasteiger partial charge in [0.05, 0.1) is 0 Å². The van der Waals surface area contributed by atoms with E-state index in [-0.39, 0.29) is 9.77 Å². The standard InChI is InChI=1S/C17H19ClN2O3S2/c1-12-5-6-13(11-14(12)18)19-17(21)16-15(7-10-24-16)25(22,23)20-8-3-2-4-9-20/h5-7,10-11H,2-4,8-9H2,1H3,(H,19,21). The lowest BCUT2D eigenvalue weighted by atomic mass is 10.2. The maximum Gasteiger partial charge on any atom is 0.267 e. The summed E-state index contributed by atoms with van der Waals surface area (Å²) in [5.74, 6) is -0.439. The molecule has 0 unspecified atom stereocenters. The predicted molar refractivity (Wildman–Crippen MR) is 101 cm³/mol. The summed E-state index contributed by atoms with van der Waals surface area (Å²) < 4.78 is 27.2. The Morgan fingerprint density at radius 2 is 1.92 bits per heavy atom. The first-order valence-corrected chi connectivity index (χ1v) is 10.7. The van der Waals surface area contributed by atoms with Crippen molar-refractivity contribution in [3.05, 3.63) is 45.1 Å². The largest absolute Gasteiger partial charge is 0.321 e. The van der Waals surface area contributed by atoms with Crippen LogP contribution in [0.1, 0.15) is 34.5 Å². The fourth-order valence-corrected chi connectivity index (χ4v) is 5.76. The van der Waals surface area contributed by atoms with Crippen molar-refractivity contribution in [3.63, 3.8) is 0 Å². The molecule has 1 aliphatic rings. The molecule has 0 aliphatic carbocycles. The summed E-state index contributed by atoms with van der Waals surface area (Å²) in [6, 6.07) is 6.70. The van der Waals surface area contributed by atoms with Crippen molar-refractivity contribution in [3.8, 4) is 0 Å². The van der Waals surface area contributed by atoms with Gasteiger partial charge < -0.3 is 5.32 Å². The van der Waals surface area contributed by atoms with Crippen molar-refractivity contribution in [1.29, 1.82) is 0 Å². The molecule has 0 radical (unpaired) electrons. The quantitative estimate of drug-likeness (QED) is 0.841. The highest BCUT2D eigenvalue weighted by atomic mass is 35.5. The molecular weight excluding hydrogens is 380 g/mol. The summed E-state index contributed by atoms with van der Waals surface area (Å²) in [5.41, 5.74) is 1.44. The minimum absolute atomic E-state index is 0.0788. The summed E-state index contributed by atoms with van der Waals surface area (Å²) in [4.78, 5) is 12.9. The minimum Gasteiger partial charge on any atom is -0.321 e. The van der Waals surface area contributed by atoms with E-state index in [2.05, 4.69) is 5.32 Å². The summed E-state index contributed by atoms with van der Waals surface area (Å²) >= 11 is 7.20. The fraction of sp³-hybridized carbons (Fsp3) is 0.353. The number of nitrogens with zero attached hydrogens (tertiary/aromatic N) is 1. The van der Waals surface area contributed by atoms with Crippen molar-refractivity contribution >= 4 is 44.6 Å². The molecule has 3 rings (SSSR count). The van der Waals surface area contributed by atoms with E-state index in [1.54, 1.807) is 23.6 Å². The van der Waals surface area contributed by atoms with E-state index in [4.69, 9.17) is 11.6 Å². The van der Waals surface area contributed by atoms with Crippen LogP contribution < -0.4 is 5.32 Å². The number of carbonyl (C=O) groups is 1. The molecule has 2 aromatic rings. The predicted octanol–water partition coefficient (Wildman–Crippen LogP) is 4.14. The van der Waals surface area contributed by atoms with E-state index in [1.807, 2.05) is 6.92 Å². The van der Waals surface area contributed by atoms with E-state index in [0.29, 0.717) is 23.8 Å². The van der Waals surface area contributed by atoms with Gasteiger partial charge in [-0.05, 0) is 48.9 Å². The first kappa shape index (κ1) is 18.4. The van der Waals surface area contributed by atoms with Crippen LogP contribution in [0.5, 0.6) is 0 Å². The lowest BCUT2D eigenvalue weighted by Gasteiger charge is -2.25. The van der Waals surface area contributed by atoms with E-state index in [9.17, 15) is 13.2 Å². The van der Waals surface area contributed by atoms with Gasteiger partial charge in [-0.3, -0.25) is 4.79 Å². The van der Waals surface area contributed by atoms with Gasteiger partial charge in [-0.15, -0.1) is 11.3 Å². The third kappa shape index (κ3) is 3.89. The normalized spacial score (nSPS) is 15.9. The number of carbonyl (C=O) groups excluding carboxylic acids is 1. The summed E-state index contributed by atoms with van der Waals surface area (Å²) in [5, 5.41) is 4.91. The third-order valence-electron chi connectivity index (χ3n) is 4.20. The number of piperidine rings is 1. The van der Waals surface area contributed by atoms with E-state index in [1.165, 1.54) is 10.4 Å². The number of benzene rings is 1. The van der Waals surface area contributed by atoms with E-state index < -0.39 is 15.9 Å². The smallest absolute Gasteiger partial charge is 0.267 e. The molecule has 0 bridgehead atoms. The van der Waals surface area contributed by atoms with Crippen molar-refractivity contribution in [2.75, 3.05) is 18.4 Å². The van der Waals surface area contributed by atoms with Crippen molar-refractivity contribution in [1.82, 2.24) is 4.31 Å². The molecule has 8 heteroatoms. The van der Waals surface area contributed by atoms with Gasteiger partial charge in [-0.25, -0.2) is 8.42 Å². The highest BCUT2D eigenvalue weighted by Gasteiger charge is 2.31. The first-order valence-electron chi connectivity index (χ1n) is 8.05. The van der Waals surface area contributed by atoms with Crippen molar-refractivity contribution in [2.24, 2.45) is 0 Å². The van der Waals surface area contributed by atoms with Gasteiger partial charge in [0.25, 0.3) is 5.91 Å². The zero-order chi connectivity index (χ0) is 18.0. The molecule has 1 fully saturated rings. The number of amides is 1. The lowest BCUT2D eigenvalue weighted by molar-refractivity contribution is 0.102. The molecule has 0 atom stereocenters. The number of nitrogens with one attached hydrogen (secondary N) is 1. The Hall–Kier alpha value is -1.41. The van der Waals surface area contributed by atoms with Crippen LogP contribution in [0, 0.1) is 6.92 Å². The molecule has 2 heterocycles. The molecule has 1 saturated heterocycles.